The predicted molar refractivity (Wildman–Crippen MR) is 92.4 cm³/mol. The molecular weight excluding hydrogens is 303 g/mol. The Kier molecular flexibility index (Phi) is 5.51. The molecule has 0 aliphatic carbocycles. The standard InChI is InChI=1S/C17H20Cl2N2/c1-12(20)9-14-10-15(18)7-8-17(14)21(2)11-13-5-3-4-6-16(13)19/h3-8,10,12H,9,11,20H2,1-2H3. The minimum atomic E-state index is 0.0935. The second-order valence-electron chi connectivity index (χ2n) is 5.40. The molecule has 1 atom stereocenters. The van der Waals surface area contributed by atoms with E-state index < -0.39 is 0 Å². The van der Waals surface area contributed by atoms with Crippen LogP contribution in [-0.2, 0) is 13.0 Å². The van der Waals surface area contributed by atoms with Crippen molar-refractivity contribution < 1.29 is 0 Å². The molecule has 21 heavy (non-hydrogen) atoms. The van der Waals surface area contributed by atoms with Gasteiger partial charge in [0, 0.05) is 35.4 Å². The van der Waals surface area contributed by atoms with E-state index in [2.05, 4.69) is 11.9 Å². The Morgan fingerprint density at radius 2 is 1.81 bits per heavy atom. The molecule has 112 valence electrons. The fourth-order valence-electron chi connectivity index (χ4n) is 2.40. The van der Waals surface area contributed by atoms with Crippen molar-refractivity contribution in [3.63, 3.8) is 0 Å². The molecule has 0 heterocycles. The van der Waals surface area contributed by atoms with Crippen LogP contribution < -0.4 is 10.6 Å². The molecule has 4 heteroatoms. The van der Waals surface area contributed by atoms with Crippen LogP contribution in [0.1, 0.15) is 18.1 Å². The zero-order valence-electron chi connectivity index (χ0n) is 12.3. The number of hydrogen-bond donors (Lipinski definition) is 1. The van der Waals surface area contributed by atoms with Gasteiger partial charge in [-0.3, -0.25) is 0 Å². The Hall–Kier alpha value is -1.22. The highest BCUT2D eigenvalue weighted by Crippen LogP contribution is 2.27. The Labute approximate surface area is 136 Å². The lowest BCUT2D eigenvalue weighted by molar-refractivity contribution is 0.734. The van der Waals surface area contributed by atoms with Crippen LogP contribution in [0.5, 0.6) is 0 Å². The van der Waals surface area contributed by atoms with E-state index in [0.717, 1.165) is 39.8 Å². The van der Waals surface area contributed by atoms with Crippen molar-refractivity contribution in [2.45, 2.75) is 25.9 Å². The predicted octanol–water partition coefficient (Wildman–Crippen LogP) is 4.52. The topological polar surface area (TPSA) is 29.3 Å². The van der Waals surface area contributed by atoms with Crippen LogP contribution in [0.3, 0.4) is 0 Å². The molecule has 0 aliphatic heterocycles. The van der Waals surface area contributed by atoms with Crippen LogP contribution in [0, 0.1) is 0 Å². The molecule has 0 amide bonds. The normalized spacial score (nSPS) is 12.2. The van der Waals surface area contributed by atoms with Crippen LogP contribution in [0.2, 0.25) is 10.0 Å². The fraction of sp³-hybridized carbons (Fsp3) is 0.294. The van der Waals surface area contributed by atoms with E-state index in [1.54, 1.807) is 0 Å². The van der Waals surface area contributed by atoms with Crippen molar-refractivity contribution in [3.05, 3.63) is 63.6 Å². The molecule has 2 aromatic rings. The van der Waals surface area contributed by atoms with Gasteiger partial charge in [-0.25, -0.2) is 0 Å². The van der Waals surface area contributed by atoms with E-state index >= 15 is 0 Å². The summed E-state index contributed by atoms with van der Waals surface area (Å²) in [5.74, 6) is 0. The molecular formula is C17H20Cl2N2. The third-order valence-electron chi connectivity index (χ3n) is 3.36. The van der Waals surface area contributed by atoms with E-state index in [1.165, 1.54) is 0 Å². The second-order valence-corrected chi connectivity index (χ2v) is 6.25. The van der Waals surface area contributed by atoms with Crippen molar-refractivity contribution in [2.24, 2.45) is 5.73 Å². The van der Waals surface area contributed by atoms with E-state index in [1.807, 2.05) is 49.4 Å². The molecule has 2 N–H and O–H groups in total. The molecule has 0 bridgehead atoms. The average Bonchev–Trinajstić information content (AvgIpc) is 2.40. The second kappa shape index (κ2) is 7.17. The molecule has 0 aromatic heterocycles. The first-order chi connectivity index (χ1) is 9.97. The van der Waals surface area contributed by atoms with Crippen molar-refractivity contribution in [1.82, 2.24) is 0 Å². The molecule has 2 nitrogen and oxygen atoms in total. The first-order valence-corrected chi connectivity index (χ1v) is 7.71. The summed E-state index contributed by atoms with van der Waals surface area (Å²) >= 11 is 12.3. The number of benzene rings is 2. The van der Waals surface area contributed by atoms with Gasteiger partial charge in [-0.15, -0.1) is 0 Å². The van der Waals surface area contributed by atoms with Crippen LogP contribution in [0.15, 0.2) is 42.5 Å². The molecule has 0 spiro atoms. The quantitative estimate of drug-likeness (QED) is 0.876. The molecule has 0 fully saturated rings. The van der Waals surface area contributed by atoms with E-state index in [-0.39, 0.29) is 6.04 Å². The molecule has 0 radical (unpaired) electrons. The first kappa shape index (κ1) is 16.2. The van der Waals surface area contributed by atoms with Gasteiger partial charge in [0.1, 0.15) is 0 Å². The third kappa shape index (κ3) is 4.37. The number of rotatable bonds is 5. The molecule has 0 saturated carbocycles. The molecule has 1 unspecified atom stereocenters. The number of hydrogen-bond acceptors (Lipinski definition) is 2. The van der Waals surface area contributed by atoms with Crippen LogP contribution in [0.25, 0.3) is 0 Å². The Bertz CT molecular complexity index is 611. The maximum Gasteiger partial charge on any atom is 0.0455 e. The van der Waals surface area contributed by atoms with Gasteiger partial charge in [0.05, 0.1) is 0 Å². The van der Waals surface area contributed by atoms with Gasteiger partial charge in [-0.2, -0.15) is 0 Å². The van der Waals surface area contributed by atoms with Crippen LogP contribution in [0.4, 0.5) is 5.69 Å². The summed E-state index contributed by atoms with van der Waals surface area (Å²) in [5.41, 5.74) is 9.33. The summed E-state index contributed by atoms with van der Waals surface area (Å²) in [6, 6.07) is 13.9. The molecule has 0 saturated heterocycles. The van der Waals surface area contributed by atoms with E-state index in [9.17, 15) is 0 Å². The Morgan fingerprint density at radius 1 is 1.10 bits per heavy atom. The molecule has 0 aliphatic rings. The molecule has 2 rings (SSSR count). The van der Waals surface area contributed by atoms with E-state index in [0.29, 0.717) is 0 Å². The fourth-order valence-corrected chi connectivity index (χ4v) is 2.79. The largest absolute Gasteiger partial charge is 0.370 e. The van der Waals surface area contributed by atoms with Gasteiger partial charge in [0.15, 0.2) is 0 Å². The summed E-state index contributed by atoms with van der Waals surface area (Å²) < 4.78 is 0. The summed E-state index contributed by atoms with van der Waals surface area (Å²) in [7, 11) is 2.05. The van der Waals surface area contributed by atoms with Gasteiger partial charge >= 0.3 is 0 Å². The zero-order chi connectivity index (χ0) is 15.4. The summed E-state index contributed by atoms with van der Waals surface area (Å²) in [6.45, 7) is 2.74. The van der Waals surface area contributed by atoms with Crippen molar-refractivity contribution in [3.8, 4) is 0 Å². The summed E-state index contributed by atoms with van der Waals surface area (Å²) in [5, 5.41) is 1.52. The van der Waals surface area contributed by atoms with Gasteiger partial charge in [-0.1, -0.05) is 41.4 Å². The zero-order valence-corrected chi connectivity index (χ0v) is 13.8. The SMILES string of the molecule is CC(N)Cc1cc(Cl)ccc1N(C)Cc1ccccc1Cl. The lowest BCUT2D eigenvalue weighted by Crippen LogP contribution is -2.22. The minimum absolute atomic E-state index is 0.0935. The van der Waals surface area contributed by atoms with Crippen LogP contribution >= 0.6 is 23.2 Å². The smallest absolute Gasteiger partial charge is 0.0455 e. The highest BCUT2D eigenvalue weighted by atomic mass is 35.5. The van der Waals surface area contributed by atoms with Gasteiger partial charge in [-0.05, 0) is 48.7 Å². The van der Waals surface area contributed by atoms with Crippen LogP contribution in [-0.4, -0.2) is 13.1 Å². The van der Waals surface area contributed by atoms with Crippen molar-refractivity contribution in [2.75, 3.05) is 11.9 Å². The third-order valence-corrected chi connectivity index (χ3v) is 3.96. The lowest BCUT2D eigenvalue weighted by atomic mass is 10.0. The summed E-state index contributed by atoms with van der Waals surface area (Å²) in [6.07, 6.45) is 0.794. The average molecular weight is 323 g/mol. The number of nitrogens with two attached hydrogens (primary N) is 1. The Morgan fingerprint density at radius 3 is 2.48 bits per heavy atom. The Balaban J connectivity index is 2.26. The monoisotopic (exact) mass is 322 g/mol. The highest BCUT2D eigenvalue weighted by Gasteiger charge is 2.11. The van der Waals surface area contributed by atoms with Gasteiger partial charge in [0.2, 0.25) is 0 Å². The highest BCUT2D eigenvalue weighted by molar-refractivity contribution is 6.31. The number of nitrogens with zero attached hydrogens (tertiary/aromatic N) is 1. The van der Waals surface area contributed by atoms with Gasteiger partial charge in [0.25, 0.3) is 0 Å². The lowest BCUT2D eigenvalue weighted by Gasteiger charge is -2.24. The van der Waals surface area contributed by atoms with Crippen molar-refractivity contribution in [1.29, 1.82) is 0 Å². The first-order valence-electron chi connectivity index (χ1n) is 6.96. The van der Waals surface area contributed by atoms with Crippen molar-refractivity contribution >= 4 is 28.9 Å². The maximum absolute atomic E-state index is 6.24. The van der Waals surface area contributed by atoms with E-state index in [4.69, 9.17) is 28.9 Å². The summed E-state index contributed by atoms with van der Waals surface area (Å²) in [4.78, 5) is 2.18. The van der Waals surface area contributed by atoms with Gasteiger partial charge < -0.3 is 10.6 Å². The number of anilines is 1. The minimum Gasteiger partial charge on any atom is -0.370 e. The number of halogens is 2. The molecule has 2 aromatic carbocycles. The maximum atomic E-state index is 6.24.